The van der Waals surface area contributed by atoms with E-state index in [2.05, 4.69) is 65.4 Å². The molecule has 102 valence electrons. The van der Waals surface area contributed by atoms with Crippen LogP contribution in [-0.4, -0.2) is 18.1 Å². The smallest absolute Gasteiger partial charge is 0.0653 e. The molecule has 2 heteroatoms. The average molecular weight is 264 g/mol. The minimum Gasteiger partial charge on any atom is -0.371 e. The second-order valence-electron chi connectivity index (χ2n) is 5.33. The molecule has 1 saturated heterocycles. The summed E-state index contributed by atoms with van der Waals surface area (Å²) in [6, 6.07) is 14.7. The van der Waals surface area contributed by atoms with Gasteiger partial charge in [0.05, 0.1) is 5.69 Å². The molecule has 3 rings (SSSR count). The molecule has 0 aliphatic carbocycles. The summed E-state index contributed by atoms with van der Waals surface area (Å²) in [6.45, 7) is 4.41. The molecule has 1 aliphatic rings. The van der Waals surface area contributed by atoms with E-state index in [1.165, 1.54) is 37.2 Å². The normalized spacial score (nSPS) is 15.2. The first-order chi connectivity index (χ1) is 9.81. The molecule has 20 heavy (non-hydrogen) atoms. The fourth-order valence-corrected chi connectivity index (χ4v) is 2.66. The summed E-state index contributed by atoms with van der Waals surface area (Å²) in [6.07, 6.45) is 6.82. The Kier molecular flexibility index (Phi) is 3.82. The third-order valence-electron chi connectivity index (χ3n) is 3.68. The van der Waals surface area contributed by atoms with Crippen LogP contribution in [0.5, 0.6) is 0 Å². The van der Waals surface area contributed by atoms with Gasteiger partial charge in [-0.3, -0.25) is 4.98 Å². The van der Waals surface area contributed by atoms with Crippen molar-refractivity contribution >= 4 is 17.8 Å². The Bertz CT molecular complexity index is 596. The van der Waals surface area contributed by atoms with Crippen LogP contribution in [0.2, 0.25) is 0 Å². The Hall–Kier alpha value is -2.09. The summed E-state index contributed by atoms with van der Waals surface area (Å²) in [4.78, 5) is 7.06. The van der Waals surface area contributed by atoms with Crippen molar-refractivity contribution in [2.45, 2.75) is 19.8 Å². The van der Waals surface area contributed by atoms with Crippen molar-refractivity contribution < 1.29 is 0 Å². The lowest BCUT2D eigenvalue weighted by molar-refractivity contribution is 0.949. The van der Waals surface area contributed by atoms with E-state index in [0.29, 0.717) is 0 Å². The summed E-state index contributed by atoms with van der Waals surface area (Å²) < 4.78 is 0. The highest BCUT2D eigenvalue weighted by atomic mass is 15.1. The van der Waals surface area contributed by atoms with Crippen LogP contribution < -0.4 is 4.90 Å². The number of benzene rings is 1. The number of hydrogen-bond donors (Lipinski definition) is 0. The van der Waals surface area contributed by atoms with Crippen LogP contribution in [0, 0.1) is 6.92 Å². The maximum atomic E-state index is 4.61. The van der Waals surface area contributed by atoms with Crippen LogP contribution in [-0.2, 0) is 0 Å². The molecule has 1 aliphatic heterocycles. The second kappa shape index (κ2) is 5.91. The highest BCUT2D eigenvalue weighted by Crippen LogP contribution is 2.22. The number of aromatic nitrogens is 1. The lowest BCUT2D eigenvalue weighted by atomic mass is 10.2. The Balaban J connectivity index is 1.84. The van der Waals surface area contributed by atoms with Crippen molar-refractivity contribution in [2.24, 2.45) is 0 Å². The van der Waals surface area contributed by atoms with Gasteiger partial charge in [-0.25, -0.2) is 0 Å². The van der Waals surface area contributed by atoms with Crippen molar-refractivity contribution in [3.63, 3.8) is 0 Å². The summed E-state index contributed by atoms with van der Waals surface area (Å²) in [5, 5.41) is 0. The van der Waals surface area contributed by atoms with Gasteiger partial charge in [-0.05, 0) is 43.5 Å². The van der Waals surface area contributed by atoms with E-state index < -0.39 is 0 Å². The Morgan fingerprint density at radius 3 is 2.50 bits per heavy atom. The Labute approximate surface area is 120 Å². The molecule has 0 spiro atoms. The van der Waals surface area contributed by atoms with E-state index in [9.17, 15) is 0 Å². The van der Waals surface area contributed by atoms with Crippen LogP contribution >= 0.6 is 0 Å². The number of pyridine rings is 1. The molecular formula is C18H20N2. The molecule has 1 aromatic heterocycles. The van der Waals surface area contributed by atoms with E-state index >= 15 is 0 Å². The maximum Gasteiger partial charge on any atom is 0.0653 e. The molecule has 0 amide bonds. The highest BCUT2D eigenvalue weighted by Gasteiger charge is 2.13. The number of nitrogens with zero attached hydrogens (tertiary/aromatic N) is 2. The van der Waals surface area contributed by atoms with Crippen molar-refractivity contribution in [2.75, 3.05) is 18.0 Å². The lowest BCUT2D eigenvalue weighted by Crippen LogP contribution is -2.17. The minimum atomic E-state index is 1.04. The van der Waals surface area contributed by atoms with Crippen LogP contribution in [0.25, 0.3) is 12.2 Å². The van der Waals surface area contributed by atoms with Gasteiger partial charge >= 0.3 is 0 Å². The summed E-state index contributed by atoms with van der Waals surface area (Å²) in [5.74, 6) is 0. The molecule has 1 fully saturated rings. The highest BCUT2D eigenvalue weighted by molar-refractivity contribution is 5.69. The summed E-state index contributed by atoms with van der Waals surface area (Å²) in [7, 11) is 0. The van der Waals surface area contributed by atoms with Crippen LogP contribution in [0.4, 0.5) is 5.69 Å². The standard InChI is InChI=1S/C18H20N2/c1-15-13-18(20-11-5-6-12-20)14-17(19-15)10-9-16-7-3-2-4-8-16/h2-4,7-10,13-14H,5-6,11-12H2,1H3/b10-9+. The molecule has 2 aromatic rings. The number of hydrogen-bond acceptors (Lipinski definition) is 2. The predicted molar refractivity (Wildman–Crippen MR) is 85.8 cm³/mol. The van der Waals surface area contributed by atoms with E-state index in [4.69, 9.17) is 0 Å². The number of aryl methyl sites for hydroxylation is 1. The predicted octanol–water partition coefficient (Wildman–Crippen LogP) is 4.16. The Morgan fingerprint density at radius 2 is 1.75 bits per heavy atom. The quantitative estimate of drug-likeness (QED) is 0.827. The van der Waals surface area contributed by atoms with Gasteiger partial charge in [-0.1, -0.05) is 36.4 Å². The zero-order valence-electron chi connectivity index (χ0n) is 11.9. The van der Waals surface area contributed by atoms with Gasteiger partial charge in [0, 0.05) is 24.5 Å². The van der Waals surface area contributed by atoms with E-state index in [0.717, 1.165) is 11.4 Å². The minimum absolute atomic E-state index is 1.04. The summed E-state index contributed by atoms with van der Waals surface area (Å²) in [5.41, 5.74) is 4.64. The first-order valence-electron chi connectivity index (χ1n) is 7.28. The molecule has 0 atom stereocenters. The largest absolute Gasteiger partial charge is 0.371 e. The maximum absolute atomic E-state index is 4.61. The molecule has 0 N–H and O–H groups in total. The van der Waals surface area contributed by atoms with Crippen molar-refractivity contribution in [1.29, 1.82) is 0 Å². The van der Waals surface area contributed by atoms with Crippen molar-refractivity contribution in [3.8, 4) is 0 Å². The molecule has 2 heterocycles. The van der Waals surface area contributed by atoms with Gasteiger partial charge in [-0.15, -0.1) is 0 Å². The molecular weight excluding hydrogens is 244 g/mol. The summed E-state index contributed by atoms with van der Waals surface area (Å²) >= 11 is 0. The van der Waals surface area contributed by atoms with E-state index in [1.807, 2.05) is 6.07 Å². The van der Waals surface area contributed by atoms with Crippen LogP contribution in [0.15, 0.2) is 42.5 Å². The molecule has 0 unspecified atom stereocenters. The van der Waals surface area contributed by atoms with E-state index in [1.54, 1.807) is 0 Å². The third kappa shape index (κ3) is 3.08. The molecule has 2 nitrogen and oxygen atoms in total. The zero-order chi connectivity index (χ0) is 13.8. The molecule has 0 bridgehead atoms. The SMILES string of the molecule is Cc1cc(N2CCCC2)cc(/C=C/c2ccccc2)n1. The monoisotopic (exact) mass is 264 g/mol. The van der Waals surface area contributed by atoms with Crippen molar-refractivity contribution in [1.82, 2.24) is 4.98 Å². The fraction of sp³-hybridized carbons (Fsp3) is 0.278. The average Bonchev–Trinajstić information content (AvgIpc) is 3.00. The first-order valence-corrected chi connectivity index (χ1v) is 7.28. The molecule has 1 aromatic carbocycles. The number of anilines is 1. The molecule has 0 saturated carbocycles. The molecule has 0 radical (unpaired) electrons. The van der Waals surface area contributed by atoms with Crippen molar-refractivity contribution in [3.05, 3.63) is 59.4 Å². The van der Waals surface area contributed by atoms with Gasteiger partial charge < -0.3 is 4.90 Å². The number of rotatable bonds is 3. The third-order valence-corrected chi connectivity index (χ3v) is 3.68. The Morgan fingerprint density at radius 1 is 1.00 bits per heavy atom. The van der Waals surface area contributed by atoms with Gasteiger partial charge in [0.25, 0.3) is 0 Å². The lowest BCUT2D eigenvalue weighted by Gasteiger charge is -2.18. The zero-order valence-corrected chi connectivity index (χ0v) is 11.9. The fourth-order valence-electron chi connectivity index (χ4n) is 2.66. The topological polar surface area (TPSA) is 16.1 Å². The second-order valence-corrected chi connectivity index (χ2v) is 5.33. The van der Waals surface area contributed by atoms with Gasteiger partial charge in [0.2, 0.25) is 0 Å². The van der Waals surface area contributed by atoms with Gasteiger partial charge in [-0.2, -0.15) is 0 Å². The van der Waals surface area contributed by atoms with Crippen LogP contribution in [0.3, 0.4) is 0 Å². The van der Waals surface area contributed by atoms with E-state index in [-0.39, 0.29) is 0 Å². The van der Waals surface area contributed by atoms with Gasteiger partial charge in [0.15, 0.2) is 0 Å². The van der Waals surface area contributed by atoms with Gasteiger partial charge in [0.1, 0.15) is 0 Å². The first kappa shape index (κ1) is 12.9. The van der Waals surface area contributed by atoms with Crippen LogP contribution in [0.1, 0.15) is 29.8 Å².